The number of H-pyrrole nitrogens is 1. The second-order valence-electron chi connectivity index (χ2n) is 2.86. The molecular formula is C7H12N4O3S. The first-order valence-corrected chi connectivity index (χ1v) is 5.59. The Kier molecular flexibility index (Phi) is 3.43. The van der Waals surface area contributed by atoms with Gasteiger partial charge in [0.15, 0.2) is 5.03 Å². The lowest BCUT2D eigenvalue weighted by Gasteiger charge is -2.14. The first-order chi connectivity index (χ1) is 6.98. The molecule has 1 aromatic rings. The van der Waals surface area contributed by atoms with E-state index in [4.69, 9.17) is 0 Å². The molecule has 0 spiro atoms. The van der Waals surface area contributed by atoms with Gasteiger partial charge < -0.3 is 5.32 Å². The normalized spacial score (nSPS) is 11.7. The van der Waals surface area contributed by atoms with Crippen molar-refractivity contribution in [2.24, 2.45) is 0 Å². The monoisotopic (exact) mass is 232 g/mol. The van der Waals surface area contributed by atoms with Gasteiger partial charge in [0.05, 0.1) is 12.7 Å². The van der Waals surface area contributed by atoms with Gasteiger partial charge in [0.1, 0.15) is 0 Å². The molecule has 1 aromatic heterocycles. The second-order valence-corrected chi connectivity index (χ2v) is 4.87. The molecule has 0 aliphatic heterocycles. The van der Waals surface area contributed by atoms with Crippen LogP contribution < -0.4 is 5.32 Å². The fourth-order valence-corrected chi connectivity index (χ4v) is 1.94. The van der Waals surface area contributed by atoms with Crippen molar-refractivity contribution < 1.29 is 13.2 Å². The third-order valence-corrected chi connectivity index (χ3v) is 3.54. The zero-order valence-electron chi connectivity index (χ0n) is 8.39. The van der Waals surface area contributed by atoms with Crippen LogP contribution in [0.4, 0.5) is 0 Å². The van der Waals surface area contributed by atoms with E-state index >= 15 is 0 Å². The quantitative estimate of drug-likeness (QED) is 0.680. The van der Waals surface area contributed by atoms with E-state index in [9.17, 15) is 13.2 Å². The SMILES string of the molecule is CNC(=O)CN(C)S(=O)(=O)c1ccn[nH]1. The Morgan fingerprint density at radius 3 is 2.80 bits per heavy atom. The minimum atomic E-state index is -3.65. The standard InChI is InChI=1S/C7H12N4O3S/c1-8-6(12)5-11(2)15(13,14)7-3-4-9-10-7/h3-4H,5H2,1-2H3,(H,8,12)(H,9,10). The van der Waals surface area contributed by atoms with Gasteiger partial charge in [-0.05, 0) is 6.07 Å². The van der Waals surface area contributed by atoms with Crippen molar-refractivity contribution in [1.29, 1.82) is 0 Å². The number of hydrogen-bond acceptors (Lipinski definition) is 4. The number of aromatic nitrogens is 2. The minimum Gasteiger partial charge on any atom is -0.358 e. The van der Waals surface area contributed by atoms with Crippen LogP contribution in [0.25, 0.3) is 0 Å². The summed E-state index contributed by atoms with van der Waals surface area (Å²) in [4.78, 5) is 11.0. The minimum absolute atomic E-state index is 0.0334. The van der Waals surface area contributed by atoms with E-state index in [2.05, 4.69) is 15.5 Å². The van der Waals surface area contributed by atoms with Crippen molar-refractivity contribution in [3.05, 3.63) is 12.3 Å². The Morgan fingerprint density at radius 2 is 2.33 bits per heavy atom. The molecule has 0 radical (unpaired) electrons. The fraction of sp³-hybridized carbons (Fsp3) is 0.429. The van der Waals surface area contributed by atoms with E-state index in [0.717, 1.165) is 4.31 Å². The summed E-state index contributed by atoms with van der Waals surface area (Å²) in [5, 5.41) is 8.19. The van der Waals surface area contributed by atoms with Crippen molar-refractivity contribution >= 4 is 15.9 Å². The smallest absolute Gasteiger partial charge is 0.260 e. The van der Waals surface area contributed by atoms with Crippen molar-refractivity contribution in [3.8, 4) is 0 Å². The molecule has 1 heterocycles. The number of likely N-dealkylation sites (N-methyl/N-ethyl adjacent to an activating group) is 2. The summed E-state index contributed by atoms with van der Waals surface area (Å²) in [6.07, 6.45) is 1.33. The Balaban J connectivity index is 2.84. The Labute approximate surface area is 87.5 Å². The van der Waals surface area contributed by atoms with Crippen molar-refractivity contribution in [3.63, 3.8) is 0 Å². The number of rotatable bonds is 4. The zero-order valence-corrected chi connectivity index (χ0v) is 9.21. The van der Waals surface area contributed by atoms with Gasteiger partial charge in [-0.1, -0.05) is 0 Å². The topological polar surface area (TPSA) is 95.2 Å². The molecule has 0 bridgehead atoms. The zero-order chi connectivity index (χ0) is 11.5. The van der Waals surface area contributed by atoms with E-state index in [1.165, 1.54) is 26.4 Å². The number of hydrogen-bond donors (Lipinski definition) is 2. The van der Waals surface area contributed by atoms with E-state index < -0.39 is 10.0 Å². The van der Waals surface area contributed by atoms with Crippen LogP contribution >= 0.6 is 0 Å². The van der Waals surface area contributed by atoms with Crippen LogP contribution in [-0.2, 0) is 14.8 Å². The lowest BCUT2D eigenvalue weighted by molar-refractivity contribution is -0.120. The van der Waals surface area contributed by atoms with Crippen molar-refractivity contribution in [1.82, 2.24) is 19.8 Å². The Bertz CT molecular complexity index is 425. The molecular weight excluding hydrogens is 220 g/mol. The molecule has 0 atom stereocenters. The van der Waals surface area contributed by atoms with Crippen molar-refractivity contribution in [2.75, 3.05) is 20.6 Å². The van der Waals surface area contributed by atoms with Crippen LogP contribution in [0.1, 0.15) is 0 Å². The number of carbonyl (C=O) groups is 1. The third-order valence-electron chi connectivity index (χ3n) is 1.81. The largest absolute Gasteiger partial charge is 0.358 e. The van der Waals surface area contributed by atoms with Crippen LogP contribution in [0.3, 0.4) is 0 Å². The number of aromatic amines is 1. The predicted octanol–water partition coefficient (Wildman–Crippen LogP) is -1.22. The molecule has 1 rings (SSSR count). The molecule has 0 aromatic carbocycles. The summed E-state index contributed by atoms with van der Waals surface area (Å²) in [5.74, 6) is -0.374. The molecule has 15 heavy (non-hydrogen) atoms. The highest BCUT2D eigenvalue weighted by Gasteiger charge is 2.23. The van der Waals surface area contributed by atoms with Crippen LogP contribution in [0.2, 0.25) is 0 Å². The lowest BCUT2D eigenvalue weighted by Crippen LogP contribution is -2.37. The molecule has 0 fully saturated rings. The first kappa shape index (κ1) is 11.7. The van der Waals surface area contributed by atoms with Gasteiger partial charge >= 0.3 is 0 Å². The van der Waals surface area contributed by atoms with Gasteiger partial charge in [0, 0.05) is 14.1 Å². The van der Waals surface area contributed by atoms with Gasteiger partial charge in [-0.25, -0.2) is 8.42 Å². The maximum atomic E-state index is 11.7. The van der Waals surface area contributed by atoms with Crippen molar-refractivity contribution in [2.45, 2.75) is 5.03 Å². The maximum absolute atomic E-state index is 11.7. The Hall–Kier alpha value is -1.41. The van der Waals surface area contributed by atoms with E-state index in [0.29, 0.717) is 0 Å². The van der Waals surface area contributed by atoms with E-state index in [1.807, 2.05) is 0 Å². The average molecular weight is 232 g/mol. The van der Waals surface area contributed by atoms with Gasteiger partial charge in [-0.3, -0.25) is 9.89 Å². The van der Waals surface area contributed by atoms with Crippen LogP contribution in [0.15, 0.2) is 17.3 Å². The molecule has 2 N–H and O–H groups in total. The molecule has 84 valence electrons. The summed E-state index contributed by atoms with van der Waals surface area (Å²) in [6.45, 7) is -0.224. The molecule has 0 saturated carbocycles. The molecule has 8 heteroatoms. The third kappa shape index (κ3) is 2.54. The molecule has 0 aliphatic rings. The summed E-state index contributed by atoms with van der Waals surface area (Å²) >= 11 is 0. The van der Waals surface area contributed by atoms with Gasteiger partial charge in [0.2, 0.25) is 5.91 Å². The maximum Gasteiger partial charge on any atom is 0.260 e. The number of nitrogens with zero attached hydrogens (tertiary/aromatic N) is 2. The average Bonchev–Trinajstić information content (AvgIpc) is 2.70. The van der Waals surface area contributed by atoms with Gasteiger partial charge in [0.25, 0.3) is 10.0 Å². The molecule has 0 aliphatic carbocycles. The molecule has 0 unspecified atom stereocenters. The van der Waals surface area contributed by atoms with E-state index in [-0.39, 0.29) is 17.5 Å². The highest BCUT2D eigenvalue weighted by molar-refractivity contribution is 7.89. The van der Waals surface area contributed by atoms with Crippen LogP contribution in [0, 0.1) is 0 Å². The lowest BCUT2D eigenvalue weighted by atomic mass is 10.6. The van der Waals surface area contributed by atoms with E-state index in [1.54, 1.807) is 0 Å². The van der Waals surface area contributed by atoms with Crippen LogP contribution in [-0.4, -0.2) is 49.5 Å². The highest BCUT2D eigenvalue weighted by atomic mass is 32.2. The number of nitrogens with one attached hydrogen (secondary N) is 2. The molecule has 7 nitrogen and oxygen atoms in total. The summed E-state index contributed by atoms with van der Waals surface area (Å²) in [5.41, 5.74) is 0. The molecule has 0 saturated heterocycles. The van der Waals surface area contributed by atoms with Gasteiger partial charge in [-0.2, -0.15) is 9.40 Å². The molecule has 1 amide bonds. The number of sulfonamides is 1. The highest BCUT2D eigenvalue weighted by Crippen LogP contribution is 2.09. The van der Waals surface area contributed by atoms with Gasteiger partial charge in [-0.15, -0.1) is 0 Å². The summed E-state index contributed by atoms with van der Waals surface area (Å²) < 4.78 is 24.4. The number of amides is 1. The predicted molar refractivity (Wildman–Crippen MR) is 52.5 cm³/mol. The Morgan fingerprint density at radius 1 is 1.67 bits per heavy atom. The second kappa shape index (κ2) is 4.41. The van der Waals surface area contributed by atoms with Crippen LogP contribution in [0.5, 0.6) is 0 Å². The summed E-state index contributed by atoms with van der Waals surface area (Å²) in [7, 11) is -0.878. The number of carbonyl (C=O) groups excluding carboxylic acids is 1. The first-order valence-electron chi connectivity index (χ1n) is 4.14. The summed E-state index contributed by atoms with van der Waals surface area (Å²) in [6, 6.07) is 1.33. The fourth-order valence-electron chi connectivity index (χ4n) is 0.921.